The number of allylic oxidation sites excluding steroid dienone is 3. The molecule has 4 aromatic rings. The minimum atomic E-state index is -2.98. The first-order chi connectivity index (χ1) is 22.6. The van der Waals surface area contributed by atoms with Crippen LogP contribution in [0, 0.1) is 11.8 Å². The molecule has 0 aliphatic heterocycles. The Bertz CT molecular complexity index is 1620. The normalized spacial score (nSPS) is 19.6. The molecule has 3 aromatic carbocycles. The first kappa shape index (κ1) is 34.6. The van der Waals surface area contributed by atoms with Crippen molar-refractivity contribution >= 4 is 52.0 Å². The number of ketones is 1. The van der Waals surface area contributed by atoms with Gasteiger partial charge in [0.25, 0.3) is 8.32 Å². The van der Waals surface area contributed by atoms with E-state index >= 15 is 0 Å². The molecule has 5 rings (SSSR count). The number of hydrogen-bond donors (Lipinski definition) is 1. The third-order valence-corrected chi connectivity index (χ3v) is 15.2. The van der Waals surface area contributed by atoms with Gasteiger partial charge in [-0.1, -0.05) is 118 Å². The molecular formula is C39H45NO5SSi. The largest absolute Gasteiger partial charge is 0.469 e. The van der Waals surface area contributed by atoms with E-state index in [1.807, 2.05) is 54.6 Å². The Morgan fingerprint density at radius 3 is 2.26 bits per heavy atom. The number of aliphatic hydroxyl groups excluding tert-OH is 1. The van der Waals surface area contributed by atoms with Crippen molar-refractivity contribution in [3.05, 3.63) is 114 Å². The highest BCUT2D eigenvalue weighted by Crippen LogP contribution is 2.42. The van der Waals surface area contributed by atoms with Gasteiger partial charge >= 0.3 is 5.97 Å². The summed E-state index contributed by atoms with van der Waals surface area (Å²) in [6, 6.07) is 29.2. The van der Waals surface area contributed by atoms with Gasteiger partial charge in [-0.2, -0.15) is 0 Å². The Labute approximate surface area is 283 Å². The highest BCUT2D eigenvalue weighted by molar-refractivity contribution is 7.18. The van der Waals surface area contributed by atoms with Crippen molar-refractivity contribution in [3.63, 3.8) is 0 Å². The van der Waals surface area contributed by atoms with Gasteiger partial charge in [0.2, 0.25) is 0 Å². The number of carbonyl (C=O) groups is 2. The van der Waals surface area contributed by atoms with Crippen molar-refractivity contribution in [2.75, 3.05) is 7.11 Å². The molecule has 4 atom stereocenters. The van der Waals surface area contributed by atoms with Crippen LogP contribution < -0.4 is 10.4 Å². The summed E-state index contributed by atoms with van der Waals surface area (Å²) in [5, 5.41) is 13.8. The number of aromatic nitrogens is 1. The van der Waals surface area contributed by atoms with Crippen LogP contribution >= 0.6 is 11.3 Å². The van der Waals surface area contributed by atoms with Crippen LogP contribution in [-0.4, -0.2) is 43.4 Å². The lowest BCUT2D eigenvalue weighted by atomic mass is 9.90. The second-order valence-corrected chi connectivity index (χ2v) is 18.5. The number of unbranched alkanes of at least 4 members (excludes halogenated alkanes) is 1. The number of para-hydroxylation sites is 1. The van der Waals surface area contributed by atoms with E-state index in [0.717, 1.165) is 21.6 Å². The average Bonchev–Trinajstić information content (AvgIpc) is 3.62. The summed E-state index contributed by atoms with van der Waals surface area (Å²) in [4.78, 5) is 29.8. The number of Topliss-reactive ketones (excluding diaryl/α,β-unsaturated/α-hetero) is 1. The summed E-state index contributed by atoms with van der Waals surface area (Å²) in [5.74, 6) is -0.862. The standard InChI is InChI=1S/C39H45NO5SSi/c1-39(2,3)47(28-17-9-7-10-18-28,29-19-11-8-12-20-29)45-35(38-40-32-22-15-16-23-36(32)46-38)26-25-31-30(33(41)27-34(31)42)21-13-5-6-14-24-37(43)44-4/h5,7-13,15-20,22-23,25-26,30-31,33,35,41H,6,14,21,24,27H2,1-4H3/t30-,31-,33+,35?/m1/s1. The van der Waals surface area contributed by atoms with Gasteiger partial charge in [0, 0.05) is 24.7 Å². The maximum atomic E-state index is 13.3. The van der Waals surface area contributed by atoms with Gasteiger partial charge in [0.15, 0.2) is 0 Å². The molecule has 0 bridgehead atoms. The lowest BCUT2D eigenvalue weighted by Crippen LogP contribution is -2.66. The van der Waals surface area contributed by atoms with E-state index in [9.17, 15) is 14.7 Å². The van der Waals surface area contributed by atoms with E-state index in [4.69, 9.17) is 14.1 Å². The molecule has 1 aliphatic rings. The van der Waals surface area contributed by atoms with Crippen molar-refractivity contribution in [1.82, 2.24) is 4.98 Å². The van der Waals surface area contributed by atoms with Crippen LogP contribution in [0.3, 0.4) is 0 Å². The van der Waals surface area contributed by atoms with E-state index in [2.05, 4.69) is 75.4 Å². The number of fused-ring (bicyclic) bond motifs is 1. The molecule has 1 unspecified atom stereocenters. The Hall–Kier alpha value is -3.69. The quantitative estimate of drug-likeness (QED) is 0.0696. The monoisotopic (exact) mass is 667 g/mol. The molecule has 0 amide bonds. The van der Waals surface area contributed by atoms with E-state index in [1.54, 1.807) is 11.3 Å². The van der Waals surface area contributed by atoms with E-state index in [1.165, 1.54) is 17.5 Å². The Kier molecular flexibility index (Phi) is 11.4. The molecule has 8 heteroatoms. The fourth-order valence-electron chi connectivity index (χ4n) is 6.65. The predicted octanol–water partition coefficient (Wildman–Crippen LogP) is 7.33. The van der Waals surface area contributed by atoms with Crippen molar-refractivity contribution in [2.24, 2.45) is 11.8 Å². The number of nitrogens with zero attached hydrogens (tertiary/aromatic N) is 1. The van der Waals surface area contributed by atoms with Crippen LogP contribution in [0.1, 0.15) is 64.0 Å². The van der Waals surface area contributed by atoms with Gasteiger partial charge in [-0.25, -0.2) is 4.98 Å². The fraction of sp³-hybridized carbons (Fsp3) is 0.359. The second kappa shape index (κ2) is 15.5. The fourth-order valence-corrected chi connectivity index (χ4v) is 12.3. The number of carbonyl (C=O) groups excluding carboxylic acids is 2. The summed E-state index contributed by atoms with van der Waals surface area (Å²) >= 11 is 1.61. The zero-order valence-corrected chi connectivity index (χ0v) is 29.5. The van der Waals surface area contributed by atoms with Gasteiger partial charge in [0.05, 0.1) is 23.4 Å². The van der Waals surface area contributed by atoms with Crippen molar-refractivity contribution in [2.45, 2.75) is 70.1 Å². The lowest BCUT2D eigenvalue weighted by molar-refractivity contribution is -0.140. The van der Waals surface area contributed by atoms with Gasteiger partial charge in [-0.05, 0) is 46.8 Å². The Morgan fingerprint density at radius 1 is 1.00 bits per heavy atom. The zero-order chi connectivity index (χ0) is 33.4. The van der Waals surface area contributed by atoms with Crippen LogP contribution in [0.2, 0.25) is 5.04 Å². The van der Waals surface area contributed by atoms with E-state index in [-0.39, 0.29) is 29.1 Å². The van der Waals surface area contributed by atoms with Gasteiger partial charge in [0.1, 0.15) is 16.9 Å². The molecule has 1 N–H and O–H groups in total. The Balaban J connectivity index is 1.52. The SMILES string of the molecule is COC(=O)CCCC=CC[C@H]1[C@@H](O)CC(=O)[C@@H]1C=CC(O[Si](c1ccccc1)(c1ccccc1)C(C)(C)C)c1nc2ccccc2s1. The van der Waals surface area contributed by atoms with Crippen LogP contribution in [0.15, 0.2) is 109 Å². The number of ether oxygens (including phenoxy) is 1. The molecule has 1 aliphatic carbocycles. The lowest BCUT2D eigenvalue weighted by Gasteiger charge is -2.44. The molecule has 1 fully saturated rings. The number of rotatable bonds is 13. The molecule has 0 saturated heterocycles. The molecular weight excluding hydrogens is 623 g/mol. The molecule has 6 nitrogen and oxygen atoms in total. The topological polar surface area (TPSA) is 85.7 Å². The van der Waals surface area contributed by atoms with E-state index in [0.29, 0.717) is 19.3 Å². The minimum absolute atomic E-state index is 0.0336. The highest BCUT2D eigenvalue weighted by Gasteiger charge is 2.52. The molecule has 0 spiro atoms. The third-order valence-electron chi connectivity index (χ3n) is 9.06. The predicted molar refractivity (Wildman–Crippen MR) is 192 cm³/mol. The first-order valence-corrected chi connectivity index (χ1v) is 19.1. The third kappa shape index (κ3) is 7.89. The van der Waals surface area contributed by atoms with Crippen molar-refractivity contribution < 1.29 is 23.9 Å². The number of methoxy groups -OCH3 is 1. The number of esters is 1. The highest BCUT2D eigenvalue weighted by atomic mass is 32.1. The smallest absolute Gasteiger partial charge is 0.305 e. The van der Waals surface area contributed by atoms with Gasteiger partial charge < -0.3 is 14.3 Å². The van der Waals surface area contributed by atoms with Crippen LogP contribution in [0.5, 0.6) is 0 Å². The van der Waals surface area contributed by atoms with Crippen LogP contribution in [-0.2, 0) is 18.8 Å². The number of benzene rings is 3. The average molecular weight is 668 g/mol. The maximum absolute atomic E-state index is 13.3. The molecule has 1 heterocycles. The maximum Gasteiger partial charge on any atom is 0.305 e. The summed E-state index contributed by atoms with van der Waals surface area (Å²) < 4.78 is 13.4. The van der Waals surface area contributed by atoms with Gasteiger partial charge in [-0.15, -0.1) is 11.3 Å². The molecule has 0 radical (unpaired) electrons. The number of hydrogen-bond acceptors (Lipinski definition) is 7. The van der Waals surface area contributed by atoms with E-state index < -0.39 is 26.4 Å². The minimum Gasteiger partial charge on any atom is -0.469 e. The molecule has 1 aromatic heterocycles. The zero-order valence-electron chi connectivity index (χ0n) is 27.7. The summed E-state index contributed by atoms with van der Waals surface area (Å²) in [6.45, 7) is 6.76. The van der Waals surface area contributed by atoms with Crippen molar-refractivity contribution in [3.8, 4) is 0 Å². The number of aliphatic hydroxyl groups is 1. The molecule has 1 saturated carbocycles. The first-order valence-electron chi connectivity index (χ1n) is 16.4. The summed E-state index contributed by atoms with van der Waals surface area (Å²) in [7, 11) is -1.58. The van der Waals surface area contributed by atoms with Crippen LogP contribution in [0.25, 0.3) is 10.2 Å². The Morgan fingerprint density at radius 2 is 1.64 bits per heavy atom. The van der Waals surface area contributed by atoms with Gasteiger partial charge in [-0.3, -0.25) is 9.59 Å². The molecule has 47 heavy (non-hydrogen) atoms. The number of thiazole rings is 1. The summed E-state index contributed by atoms with van der Waals surface area (Å²) in [5.41, 5.74) is 0.916. The summed E-state index contributed by atoms with van der Waals surface area (Å²) in [6.07, 6.45) is 9.31. The second-order valence-electron chi connectivity index (χ2n) is 13.2. The van der Waals surface area contributed by atoms with Crippen molar-refractivity contribution in [1.29, 1.82) is 0 Å². The van der Waals surface area contributed by atoms with Crippen LogP contribution in [0.4, 0.5) is 0 Å². The molecule has 246 valence electrons.